The summed E-state index contributed by atoms with van der Waals surface area (Å²) in [7, 11) is 1.39. The van der Waals surface area contributed by atoms with Gasteiger partial charge in [-0.1, -0.05) is 13.3 Å². The predicted molar refractivity (Wildman–Crippen MR) is 72.0 cm³/mol. The Balaban J connectivity index is 2.13. The molecule has 0 spiro atoms. The molecule has 96 valence electrons. The fraction of sp³-hybridized carbons (Fsp3) is 0.357. The molecule has 0 aromatic carbocycles. The Bertz CT molecular complexity index is 525. The lowest BCUT2D eigenvalue weighted by Crippen LogP contribution is -1.96. The third kappa shape index (κ3) is 2.82. The van der Waals surface area contributed by atoms with E-state index in [1.807, 2.05) is 18.2 Å². The Morgan fingerprint density at radius 2 is 2.17 bits per heavy atom. The first-order valence-electron chi connectivity index (χ1n) is 6.02. The van der Waals surface area contributed by atoms with Crippen molar-refractivity contribution in [2.75, 3.05) is 7.11 Å². The summed E-state index contributed by atoms with van der Waals surface area (Å²) in [5, 5.41) is 0. The molecule has 0 saturated carbocycles. The van der Waals surface area contributed by atoms with Gasteiger partial charge in [-0.05, 0) is 30.7 Å². The summed E-state index contributed by atoms with van der Waals surface area (Å²) >= 11 is 1.39. The average molecular weight is 264 g/mol. The Morgan fingerprint density at radius 3 is 2.89 bits per heavy atom. The number of methoxy groups -OCH3 is 1. The van der Waals surface area contributed by atoms with Crippen LogP contribution in [0.3, 0.4) is 0 Å². The molecule has 0 bridgehead atoms. The van der Waals surface area contributed by atoms with Crippen molar-refractivity contribution in [2.45, 2.75) is 26.2 Å². The first-order valence-corrected chi connectivity index (χ1v) is 6.83. The second-order valence-electron chi connectivity index (χ2n) is 4.02. The van der Waals surface area contributed by atoms with E-state index in [1.54, 1.807) is 6.07 Å². The maximum atomic E-state index is 11.4. The molecule has 0 saturated heterocycles. The molecule has 0 fully saturated rings. The van der Waals surface area contributed by atoms with Gasteiger partial charge in [0.25, 0.3) is 0 Å². The first kappa shape index (κ1) is 12.9. The summed E-state index contributed by atoms with van der Waals surface area (Å²) in [4.78, 5) is 12.9. The van der Waals surface area contributed by atoms with Crippen molar-refractivity contribution in [2.24, 2.45) is 0 Å². The third-order valence-electron chi connectivity index (χ3n) is 2.67. The van der Waals surface area contributed by atoms with Crippen LogP contribution in [0.25, 0.3) is 10.6 Å². The lowest BCUT2D eigenvalue weighted by atomic mass is 10.2. The van der Waals surface area contributed by atoms with E-state index in [0.29, 0.717) is 4.88 Å². The number of carbonyl (C=O) groups excluding carboxylic acids is 1. The number of unbranched alkanes of at least 4 members (excludes halogenated alkanes) is 1. The Hall–Kier alpha value is -1.55. The monoisotopic (exact) mass is 264 g/mol. The van der Waals surface area contributed by atoms with Crippen LogP contribution in [0.5, 0.6) is 0 Å². The van der Waals surface area contributed by atoms with E-state index in [0.717, 1.165) is 35.7 Å². The summed E-state index contributed by atoms with van der Waals surface area (Å²) < 4.78 is 10.4. The van der Waals surface area contributed by atoms with Crippen LogP contribution in [0.15, 0.2) is 28.7 Å². The van der Waals surface area contributed by atoms with Crippen molar-refractivity contribution < 1.29 is 13.9 Å². The highest BCUT2D eigenvalue weighted by atomic mass is 32.1. The lowest BCUT2D eigenvalue weighted by molar-refractivity contribution is 0.0606. The highest BCUT2D eigenvalue weighted by Crippen LogP contribution is 2.30. The van der Waals surface area contributed by atoms with Crippen molar-refractivity contribution in [3.63, 3.8) is 0 Å². The smallest absolute Gasteiger partial charge is 0.348 e. The molecule has 0 aliphatic rings. The predicted octanol–water partition coefficient (Wildman–Crippen LogP) is 4.14. The SMILES string of the molecule is CCCCc1ccc(-c2ccc(C(=O)OC)s2)o1. The van der Waals surface area contributed by atoms with Gasteiger partial charge < -0.3 is 9.15 Å². The van der Waals surface area contributed by atoms with Crippen molar-refractivity contribution in [1.82, 2.24) is 0 Å². The fourth-order valence-corrected chi connectivity index (χ4v) is 2.56. The Morgan fingerprint density at radius 1 is 1.33 bits per heavy atom. The molecule has 2 aromatic heterocycles. The molecular weight excluding hydrogens is 248 g/mol. The second-order valence-corrected chi connectivity index (χ2v) is 5.11. The number of carbonyl (C=O) groups is 1. The van der Waals surface area contributed by atoms with Gasteiger partial charge in [0.2, 0.25) is 0 Å². The van der Waals surface area contributed by atoms with Crippen LogP contribution < -0.4 is 0 Å². The number of furan rings is 1. The zero-order chi connectivity index (χ0) is 13.0. The zero-order valence-corrected chi connectivity index (χ0v) is 11.4. The number of rotatable bonds is 5. The summed E-state index contributed by atoms with van der Waals surface area (Å²) in [5.74, 6) is 1.52. The molecule has 2 heterocycles. The van der Waals surface area contributed by atoms with Gasteiger partial charge in [-0.3, -0.25) is 0 Å². The van der Waals surface area contributed by atoms with E-state index in [2.05, 4.69) is 11.7 Å². The first-order chi connectivity index (χ1) is 8.74. The molecule has 0 aliphatic carbocycles. The van der Waals surface area contributed by atoms with E-state index in [-0.39, 0.29) is 5.97 Å². The zero-order valence-electron chi connectivity index (χ0n) is 10.6. The number of hydrogen-bond acceptors (Lipinski definition) is 4. The van der Waals surface area contributed by atoms with Gasteiger partial charge in [0.15, 0.2) is 0 Å². The van der Waals surface area contributed by atoms with E-state index in [4.69, 9.17) is 4.42 Å². The molecule has 0 atom stereocenters. The Labute approximate surface area is 110 Å². The number of esters is 1. The van der Waals surface area contributed by atoms with Crippen LogP contribution in [-0.4, -0.2) is 13.1 Å². The molecule has 3 nitrogen and oxygen atoms in total. The third-order valence-corrected chi connectivity index (χ3v) is 3.75. The maximum Gasteiger partial charge on any atom is 0.348 e. The Kier molecular flexibility index (Phi) is 4.20. The van der Waals surface area contributed by atoms with Gasteiger partial charge >= 0.3 is 5.97 Å². The second kappa shape index (κ2) is 5.87. The van der Waals surface area contributed by atoms with Gasteiger partial charge in [-0.25, -0.2) is 4.79 Å². The van der Waals surface area contributed by atoms with Crippen molar-refractivity contribution in [1.29, 1.82) is 0 Å². The standard InChI is InChI=1S/C14H16O3S/c1-3-4-5-10-6-7-11(17-10)12-8-9-13(18-12)14(15)16-2/h6-9H,3-5H2,1-2H3. The number of thiophene rings is 1. The largest absolute Gasteiger partial charge is 0.465 e. The molecule has 18 heavy (non-hydrogen) atoms. The fourth-order valence-electron chi connectivity index (χ4n) is 1.68. The van der Waals surface area contributed by atoms with Gasteiger partial charge in [-0.15, -0.1) is 11.3 Å². The van der Waals surface area contributed by atoms with Gasteiger partial charge in [0.1, 0.15) is 16.4 Å². The van der Waals surface area contributed by atoms with Gasteiger partial charge in [-0.2, -0.15) is 0 Å². The molecule has 0 N–H and O–H groups in total. The number of hydrogen-bond donors (Lipinski definition) is 0. The van der Waals surface area contributed by atoms with Crippen LogP contribution in [0.2, 0.25) is 0 Å². The molecule has 2 rings (SSSR count). The lowest BCUT2D eigenvalue weighted by Gasteiger charge is -1.94. The van der Waals surface area contributed by atoms with Crippen LogP contribution in [0.1, 0.15) is 35.2 Å². The quantitative estimate of drug-likeness (QED) is 0.762. The summed E-state index contributed by atoms with van der Waals surface area (Å²) in [6, 6.07) is 7.61. The van der Waals surface area contributed by atoms with Gasteiger partial charge in [0.05, 0.1) is 12.0 Å². The topological polar surface area (TPSA) is 39.4 Å². The van der Waals surface area contributed by atoms with Gasteiger partial charge in [0, 0.05) is 6.42 Å². The minimum atomic E-state index is -0.302. The average Bonchev–Trinajstić information content (AvgIpc) is 3.03. The molecule has 2 aromatic rings. The summed E-state index contributed by atoms with van der Waals surface area (Å²) in [6.45, 7) is 2.16. The van der Waals surface area contributed by atoms with E-state index >= 15 is 0 Å². The van der Waals surface area contributed by atoms with Crippen molar-refractivity contribution >= 4 is 17.3 Å². The van der Waals surface area contributed by atoms with E-state index in [9.17, 15) is 4.79 Å². The molecular formula is C14H16O3S. The van der Waals surface area contributed by atoms with E-state index < -0.39 is 0 Å². The number of aryl methyl sites for hydroxylation is 1. The van der Waals surface area contributed by atoms with Crippen molar-refractivity contribution in [3.8, 4) is 10.6 Å². The summed E-state index contributed by atoms with van der Waals surface area (Å²) in [6.07, 6.45) is 3.25. The molecule has 0 amide bonds. The number of ether oxygens (including phenoxy) is 1. The molecule has 0 radical (unpaired) electrons. The molecule has 0 aliphatic heterocycles. The minimum absolute atomic E-state index is 0.302. The van der Waals surface area contributed by atoms with Crippen LogP contribution >= 0.6 is 11.3 Å². The summed E-state index contributed by atoms with van der Waals surface area (Å²) in [5.41, 5.74) is 0. The highest BCUT2D eigenvalue weighted by Gasteiger charge is 2.12. The molecule has 4 heteroatoms. The maximum absolute atomic E-state index is 11.4. The normalized spacial score (nSPS) is 10.6. The van der Waals surface area contributed by atoms with E-state index in [1.165, 1.54) is 18.4 Å². The van der Waals surface area contributed by atoms with Crippen LogP contribution in [0, 0.1) is 0 Å². The molecule has 0 unspecified atom stereocenters. The van der Waals surface area contributed by atoms with Crippen molar-refractivity contribution in [3.05, 3.63) is 34.9 Å². The highest BCUT2D eigenvalue weighted by molar-refractivity contribution is 7.17. The van der Waals surface area contributed by atoms with Crippen LogP contribution in [-0.2, 0) is 11.2 Å². The minimum Gasteiger partial charge on any atom is -0.465 e. The van der Waals surface area contributed by atoms with Crippen LogP contribution in [0.4, 0.5) is 0 Å².